The zero-order valence-corrected chi connectivity index (χ0v) is 7.30. The second-order valence-electron chi connectivity index (χ2n) is 2.43. The number of nitrogens with zero attached hydrogens (tertiary/aromatic N) is 1. The molecule has 0 aliphatic rings. The lowest BCUT2D eigenvalue weighted by molar-refractivity contribution is 0.414. The van der Waals surface area contributed by atoms with E-state index in [1.54, 1.807) is 0 Å². The summed E-state index contributed by atoms with van der Waals surface area (Å²) in [4.78, 5) is 13.4. The molecule has 68 valence electrons. The van der Waals surface area contributed by atoms with Gasteiger partial charge < -0.3 is 4.74 Å². The lowest BCUT2D eigenvalue weighted by atomic mass is 10.2. The molecule has 0 atom stereocenters. The van der Waals surface area contributed by atoms with E-state index in [-0.39, 0.29) is 11.3 Å². The van der Waals surface area contributed by atoms with Crippen LogP contribution in [-0.4, -0.2) is 13.2 Å². The topological polar surface area (TPSA) is 38.7 Å². The van der Waals surface area contributed by atoms with Crippen molar-refractivity contribution in [1.29, 1.82) is 0 Å². The van der Waals surface area contributed by atoms with E-state index in [1.165, 1.54) is 32.2 Å². The minimum atomic E-state index is -0.421. The van der Waals surface area contributed by atoms with Gasteiger partial charge in [0.15, 0.2) is 0 Å². The van der Waals surface area contributed by atoms with Crippen molar-refractivity contribution in [3.63, 3.8) is 0 Å². The molecule has 1 aromatic rings. The molecule has 0 bridgehead atoms. The lowest BCUT2D eigenvalue weighted by Crippen LogP contribution is -1.88. The molecule has 0 amide bonds. The van der Waals surface area contributed by atoms with Crippen LogP contribution >= 0.6 is 0 Å². The van der Waals surface area contributed by atoms with Gasteiger partial charge in [0.05, 0.1) is 7.11 Å². The average molecular weight is 181 g/mol. The zero-order valence-electron chi connectivity index (χ0n) is 7.30. The van der Waals surface area contributed by atoms with Crippen LogP contribution in [0.3, 0.4) is 0 Å². The number of ether oxygens (including phenoxy) is 1. The summed E-state index contributed by atoms with van der Waals surface area (Å²) in [7, 11) is 1.43. The van der Waals surface area contributed by atoms with Crippen LogP contribution in [0, 0.1) is 12.7 Å². The van der Waals surface area contributed by atoms with Crippen molar-refractivity contribution < 1.29 is 13.9 Å². The number of hydrogen-bond donors (Lipinski definition) is 0. The summed E-state index contributed by atoms with van der Waals surface area (Å²) in [5.74, 6) is -0.0583. The molecule has 3 nitrogen and oxygen atoms in total. The van der Waals surface area contributed by atoms with Gasteiger partial charge in [-0.15, -0.1) is 0 Å². The average Bonchev–Trinajstić information content (AvgIpc) is 2.14. The van der Waals surface area contributed by atoms with E-state index in [0.29, 0.717) is 5.75 Å². The predicted octanol–water partition coefficient (Wildman–Crippen LogP) is 2.11. The van der Waals surface area contributed by atoms with Gasteiger partial charge in [-0.25, -0.2) is 9.18 Å². The number of halogens is 1. The summed E-state index contributed by atoms with van der Waals surface area (Å²) in [6.07, 6.45) is 1.36. The standard InChI is InChI=1S/C9H8FNO2/c1-6-7(10)3-4-8(13-2)9(6)11-5-12/h3-4H,1-2H3. The molecular weight excluding hydrogens is 173 g/mol. The Balaban J connectivity index is 3.40. The third-order valence-electron chi connectivity index (χ3n) is 1.71. The van der Waals surface area contributed by atoms with Gasteiger partial charge in [0, 0.05) is 5.56 Å². The third-order valence-corrected chi connectivity index (χ3v) is 1.71. The van der Waals surface area contributed by atoms with Crippen LogP contribution < -0.4 is 4.74 Å². The predicted molar refractivity (Wildman–Crippen MR) is 45.5 cm³/mol. The van der Waals surface area contributed by atoms with E-state index < -0.39 is 5.82 Å². The van der Waals surface area contributed by atoms with Gasteiger partial charge in [0.1, 0.15) is 17.3 Å². The number of hydrogen-bond acceptors (Lipinski definition) is 3. The molecule has 0 fully saturated rings. The number of carbonyl (C=O) groups excluding carboxylic acids is 1. The normalized spacial score (nSPS) is 9.15. The van der Waals surface area contributed by atoms with Gasteiger partial charge in [0.25, 0.3) is 0 Å². The second kappa shape index (κ2) is 3.83. The molecule has 1 rings (SSSR count). The first-order valence-corrected chi connectivity index (χ1v) is 3.61. The highest BCUT2D eigenvalue weighted by atomic mass is 19.1. The molecule has 0 aromatic heterocycles. The van der Waals surface area contributed by atoms with Gasteiger partial charge in [-0.1, -0.05) is 0 Å². The summed E-state index contributed by atoms with van der Waals surface area (Å²) in [5.41, 5.74) is 0.472. The molecule has 0 aliphatic heterocycles. The van der Waals surface area contributed by atoms with Crippen molar-refractivity contribution in [3.05, 3.63) is 23.5 Å². The smallest absolute Gasteiger partial charge is 0.240 e. The van der Waals surface area contributed by atoms with E-state index in [9.17, 15) is 9.18 Å². The van der Waals surface area contributed by atoms with E-state index in [0.717, 1.165) is 0 Å². The highest BCUT2D eigenvalue weighted by Gasteiger charge is 2.09. The number of methoxy groups -OCH3 is 1. The Kier molecular flexibility index (Phi) is 2.77. The maximum absolute atomic E-state index is 13.0. The van der Waals surface area contributed by atoms with Gasteiger partial charge in [0.2, 0.25) is 6.08 Å². The quantitative estimate of drug-likeness (QED) is 0.517. The molecule has 4 heteroatoms. The highest BCUT2D eigenvalue weighted by Crippen LogP contribution is 2.31. The largest absolute Gasteiger partial charge is 0.494 e. The molecule has 13 heavy (non-hydrogen) atoms. The molecule has 1 aromatic carbocycles. The van der Waals surface area contributed by atoms with Crippen LogP contribution in [0.2, 0.25) is 0 Å². The van der Waals surface area contributed by atoms with E-state index in [2.05, 4.69) is 4.99 Å². The zero-order chi connectivity index (χ0) is 9.84. The molecule has 0 radical (unpaired) electrons. The van der Waals surface area contributed by atoms with Crippen LogP contribution in [0.15, 0.2) is 17.1 Å². The van der Waals surface area contributed by atoms with Gasteiger partial charge in [-0.3, -0.25) is 0 Å². The Hall–Kier alpha value is -1.67. The summed E-state index contributed by atoms with van der Waals surface area (Å²) in [6, 6.07) is 2.68. The molecule has 0 saturated heterocycles. The molecule has 0 N–H and O–H groups in total. The minimum Gasteiger partial charge on any atom is -0.494 e. The Morgan fingerprint density at radius 1 is 1.54 bits per heavy atom. The van der Waals surface area contributed by atoms with Crippen LogP contribution in [0.25, 0.3) is 0 Å². The van der Waals surface area contributed by atoms with Crippen molar-refractivity contribution in [2.75, 3.05) is 7.11 Å². The van der Waals surface area contributed by atoms with Crippen LogP contribution in [-0.2, 0) is 4.79 Å². The Morgan fingerprint density at radius 2 is 2.23 bits per heavy atom. The van der Waals surface area contributed by atoms with Gasteiger partial charge >= 0.3 is 0 Å². The molecule has 0 heterocycles. The molecule has 0 aliphatic carbocycles. The first-order chi connectivity index (χ1) is 6.20. The number of isocyanates is 1. The van der Waals surface area contributed by atoms with Crippen molar-refractivity contribution in [3.8, 4) is 5.75 Å². The first-order valence-electron chi connectivity index (χ1n) is 3.61. The Bertz CT molecular complexity index is 370. The van der Waals surface area contributed by atoms with Crippen molar-refractivity contribution in [2.24, 2.45) is 4.99 Å². The fourth-order valence-corrected chi connectivity index (χ4v) is 1.00. The van der Waals surface area contributed by atoms with Crippen molar-refractivity contribution in [1.82, 2.24) is 0 Å². The van der Waals surface area contributed by atoms with E-state index in [4.69, 9.17) is 4.74 Å². The minimum absolute atomic E-state index is 0.192. The van der Waals surface area contributed by atoms with Crippen LogP contribution in [0.4, 0.5) is 10.1 Å². The van der Waals surface area contributed by atoms with Crippen LogP contribution in [0.1, 0.15) is 5.56 Å². The molecular formula is C9H8FNO2. The van der Waals surface area contributed by atoms with Crippen molar-refractivity contribution >= 4 is 11.8 Å². The number of aliphatic imine (C=N–C) groups is 1. The Labute approximate surface area is 74.9 Å². The lowest BCUT2D eigenvalue weighted by Gasteiger charge is -2.05. The second-order valence-corrected chi connectivity index (χ2v) is 2.43. The monoisotopic (exact) mass is 181 g/mol. The fourth-order valence-electron chi connectivity index (χ4n) is 1.00. The first kappa shape index (κ1) is 9.42. The summed E-state index contributed by atoms with van der Waals surface area (Å²) in [6.45, 7) is 1.52. The summed E-state index contributed by atoms with van der Waals surface area (Å²) >= 11 is 0. The van der Waals surface area contributed by atoms with Crippen LogP contribution in [0.5, 0.6) is 5.75 Å². The Morgan fingerprint density at radius 3 is 2.77 bits per heavy atom. The number of rotatable bonds is 2. The van der Waals surface area contributed by atoms with E-state index >= 15 is 0 Å². The van der Waals surface area contributed by atoms with Crippen molar-refractivity contribution in [2.45, 2.75) is 6.92 Å². The third kappa shape index (κ3) is 1.73. The maximum Gasteiger partial charge on any atom is 0.240 e. The van der Waals surface area contributed by atoms with E-state index in [1.807, 2.05) is 0 Å². The number of benzene rings is 1. The fraction of sp³-hybridized carbons (Fsp3) is 0.222. The van der Waals surface area contributed by atoms with Gasteiger partial charge in [-0.2, -0.15) is 4.99 Å². The molecule has 0 saturated carbocycles. The summed E-state index contributed by atoms with van der Waals surface area (Å²) in [5, 5.41) is 0. The highest BCUT2D eigenvalue weighted by molar-refractivity contribution is 5.62. The molecule has 0 spiro atoms. The van der Waals surface area contributed by atoms with Gasteiger partial charge in [-0.05, 0) is 19.1 Å². The maximum atomic E-state index is 13.0. The summed E-state index contributed by atoms with van der Waals surface area (Å²) < 4.78 is 17.9. The SMILES string of the molecule is COc1ccc(F)c(C)c1N=C=O. The molecule has 0 unspecified atom stereocenters.